The average Bonchev–Trinajstić information content (AvgIpc) is 2.05. The van der Waals surface area contributed by atoms with Crippen molar-refractivity contribution in [3.05, 3.63) is 48.7 Å². The predicted octanol–water partition coefficient (Wildman–Crippen LogP) is 2.89. The molecule has 1 nitrogen and oxygen atoms in total. The highest BCUT2D eigenvalue weighted by atomic mass is 14.6. The van der Waals surface area contributed by atoms with Crippen molar-refractivity contribution in [2.75, 3.05) is 0 Å². The second-order valence-electron chi connectivity index (χ2n) is 2.04. The van der Waals surface area contributed by atoms with Gasteiger partial charge in [0, 0.05) is 6.20 Å². The number of nitrogens with zero attached hydrogens (tertiary/aromatic N) is 1. The Labute approximate surface area is 68.2 Å². The minimum Gasteiger partial charge on any atom is -0.272 e. The number of aliphatic imine (C=N–C) groups is 1. The Morgan fingerprint density at radius 2 is 1.91 bits per heavy atom. The first-order valence-electron chi connectivity index (χ1n) is 3.34. The van der Waals surface area contributed by atoms with Crippen LogP contribution in [-0.2, 0) is 0 Å². The van der Waals surface area contributed by atoms with Gasteiger partial charge >= 0.3 is 0 Å². The van der Waals surface area contributed by atoms with Crippen LogP contribution in [-0.4, -0.2) is 6.72 Å². The number of allylic oxidation sites excluding steroid dienone is 5. The van der Waals surface area contributed by atoms with E-state index in [1.54, 1.807) is 18.4 Å². The minimum absolute atomic E-state index is 1.02. The molecule has 0 rings (SSSR count). The van der Waals surface area contributed by atoms with Crippen LogP contribution in [0.1, 0.15) is 6.92 Å². The van der Waals surface area contributed by atoms with E-state index in [0.29, 0.717) is 0 Å². The van der Waals surface area contributed by atoms with Crippen LogP contribution in [0.3, 0.4) is 0 Å². The maximum Gasteiger partial charge on any atom is 0.0266 e. The quantitative estimate of drug-likeness (QED) is 0.428. The van der Waals surface area contributed by atoms with Gasteiger partial charge in [-0.1, -0.05) is 25.3 Å². The van der Waals surface area contributed by atoms with Crippen molar-refractivity contribution < 1.29 is 0 Å². The van der Waals surface area contributed by atoms with Gasteiger partial charge in [-0.3, -0.25) is 4.99 Å². The standard InChI is InChI=1S/C10H13N/c1-5-9(3)10(6-2)7-8-11-4/h5-8H,1-2,4H2,3H3/b8-7-,10-9+. The monoisotopic (exact) mass is 147 g/mol. The molecule has 0 saturated carbocycles. The van der Waals surface area contributed by atoms with Crippen LogP contribution in [0.15, 0.2) is 53.7 Å². The minimum atomic E-state index is 1.02. The first-order valence-corrected chi connectivity index (χ1v) is 3.34. The molecule has 0 aliphatic heterocycles. The summed E-state index contributed by atoms with van der Waals surface area (Å²) in [6.45, 7) is 12.6. The summed E-state index contributed by atoms with van der Waals surface area (Å²) in [4.78, 5) is 3.59. The van der Waals surface area contributed by atoms with E-state index in [-0.39, 0.29) is 0 Å². The van der Waals surface area contributed by atoms with Crippen molar-refractivity contribution in [1.29, 1.82) is 0 Å². The zero-order valence-corrected chi connectivity index (χ0v) is 6.88. The second kappa shape index (κ2) is 5.42. The molecule has 1 heteroatoms. The Kier molecular flexibility index (Phi) is 4.74. The van der Waals surface area contributed by atoms with E-state index >= 15 is 0 Å². The molecule has 0 N–H and O–H groups in total. The molecule has 0 aromatic heterocycles. The summed E-state index contributed by atoms with van der Waals surface area (Å²) in [5, 5.41) is 0. The Balaban J connectivity index is 4.64. The van der Waals surface area contributed by atoms with Gasteiger partial charge in [0.1, 0.15) is 0 Å². The first-order chi connectivity index (χ1) is 5.26. The molecule has 0 heterocycles. The third kappa shape index (κ3) is 3.36. The molecule has 0 amide bonds. The molecular weight excluding hydrogens is 134 g/mol. The number of hydrogen-bond acceptors (Lipinski definition) is 1. The molecule has 0 radical (unpaired) electrons. The SMILES string of the molecule is C=C/C(C)=C(C=C)/C=C\N=C. The lowest BCUT2D eigenvalue weighted by atomic mass is 10.1. The summed E-state index contributed by atoms with van der Waals surface area (Å²) < 4.78 is 0. The van der Waals surface area contributed by atoms with Crippen LogP contribution in [0.25, 0.3) is 0 Å². The molecule has 0 saturated heterocycles. The van der Waals surface area contributed by atoms with Crippen LogP contribution in [0.2, 0.25) is 0 Å². The third-order valence-corrected chi connectivity index (χ3v) is 1.34. The zero-order chi connectivity index (χ0) is 8.69. The van der Waals surface area contributed by atoms with Gasteiger partial charge < -0.3 is 0 Å². The Morgan fingerprint density at radius 1 is 1.27 bits per heavy atom. The lowest BCUT2D eigenvalue weighted by Gasteiger charge is -1.95. The average molecular weight is 147 g/mol. The summed E-state index contributed by atoms with van der Waals surface area (Å²) in [6.07, 6.45) is 7.02. The number of hydrogen-bond donors (Lipinski definition) is 0. The van der Waals surface area contributed by atoms with E-state index < -0.39 is 0 Å². The summed E-state index contributed by atoms with van der Waals surface area (Å²) in [5.74, 6) is 0. The molecule has 0 atom stereocenters. The molecule has 0 aliphatic rings. The van der Waals surface area contributed by atoms with Crippen molar-refractivity contribution in [2.24, 2.45) is 4.99 Å². The topological polar surface area (TPSA) is 12.4 Å². The lowest BCUT2D eigenvalue weighted by molar-refractivity contribution is 1.44. The Bertz CT molecular complexity index is 219. The largest absolute Gasteiger partial charge is 0.272 e. The molecule has 0 bridgehead atoms. The normalized spacial score (nSPS) is 12.5. The van der Waals surface area contributed by atoms with Gasteiger partial charge in [0.15, 0.2) is 0 Å². The van der Waals surface area contributed by atoms with E-state index in [1.165, 1.54) is 0 Å². The maximum atomic E-state index is 3.66. The summed E-state index contributed by atoms with van der Waals surface area (Å²) in [7, 11) is 0. The highest BCUT2D eigenvalue weighted by Crippen LogP contribution is 2.07. The smallest absolute Gasteiger partial charge is 0.0266 e. The third-order valence-electron chi connectivity index (χ3n) is 1.34. The van der Waals surface area contributed by atoms with E-state index in [9.17, 15) is 0 Å². The van der Waals surface area contributed by atoms with Crippen LogP contribution >= 0.6 is 0 Å². The molecule has 0 aromatic rings. The van der Waals surface area contributed by atoms with E-state index in [4.69, 9.17) is 0 Å². The van der Waals surface area contributed by atoms with Crippen molar-refractivity contribution >= 4 is 6.72 Å². The van der Waals surface area contributed by atoms with E-state index in [0.717, 1.165) is 11.1 Å². The second-order valence-corrected chi connectivity index (χ2v) is 2.04. The summed E-state index contributed by atoms with van der Waals surface area (Å²) in [6, 6.07) is 0. The van der Waals surface area contributed by atoms with Crippen LogP contribution in [0.5, 0.6) is 0 Å². The summed E-state index contributed by atoms with van der Waals surface area (Å²) in [5.41, 5.74) is 2.10. The van der Waals surface area contributed by atoms with Gasteiger partial charge in [-0.2, -0.15) is 0 Å². The van der Waals surface area contributed by atoms with E-state index in [1.807, 2.05) is 13.0 Å². The maximum absolute atomic E-state index is 3.66. The first kappa shape index (κ1) is 9.63. The Hall–Kier alpha value is -1.37. The highest BCUT2D eigenvalue weighted by Gasteiger charge is 1.87. The molecule has 0 aromatic carbocycles. The Morgan fingerprint density at radius 3 is 2.27 bits per heavy atom. The van der Waals surface area contributed by atoms with Gasteiger partial charge in [0.25, 0.3) is 0 Å². The van der Waals surface area contributed by atoms with Crippen LogP contribution < -0.4 is 0 Å². The fourth-order valence-electron chi connectivity index (χ4n) is 0.611. The predicted molar refractivity (Wildman–Crippen MR) is 51.8 cm³/mol. The van der Waals surface area contributed by atoms with Crippen molar-refractivity contribution in [3.8, 4) is 0 Å². The van der Waals surface area contributed by atoms with Crippen LogP contribution in [0.4, 0.5) is 0 Å². The lowest BCUT2D eigenvalue weighted by Crippen LogP contribution is -1.75. The van der Waals surface area contributed by atoms with Gasteiger partial charge in [0.05, 0.1) is 0 Å². The molecule has 58 valence electrons. The highest BCUT2D eigenvalue weighted by molar-refractivity contribution is 5.39. The fourth-order valence-corrected chi connectivity index (χ4v) is 0.611. The zero-order valence-electron chi connectivity index (χ0n) is 6.88. The van der Waals surface area contributed by atoms with Gasteiger partial charge in [0.2, 0.25) is 0 Å². The molecular formula is C10H13N. The number of rotatable bonds is 4. The van der Waals surface area contributed by atoms with Gasteiger partial charge in [-0.05, 0) is 30.9 Å². The van der Waals surface area contributed by atoms with E-state index in [2.05, 4.69) is 24.9 Å². The van der Waals surface area contributed by atoms with Crippen molar-refractivity contribution in [2.45, 2.75) is 6.92 Å². The van der Waals surface area contributed by atoms with Gasteiger partial charge in [-0.25, -0.2) is 0 Å². The fraction of sp³-hybridized carbons (Fsp3) is 0.100. The van der Waals surface area contributed by atoms with Gasteiger partial charge in [-0.15, -0.1) is 0 Å². The van der Waals surface area contributed by atoms with Crippen LogP contribution in [0, 0.1) is 0 Å². The molecule has 0 aliphatic carbocycles. The molecule has 0 spiro atoms. The molecule has 0 fully saturated rings. The summed E-state index contributed by atoms with van der Waals surface area (Å²) >= 11 is 0. The van der Waals surface area contributed by atoms with Crippen molar-refractivity contribution in [3.63, 3.8) is 0 Å². The molecule has 0 unspecified atom stereocenters. The molecule has 11 heavy (non-hydrogen) atoms. The van der Waals surface area contributed by atoms with Crippen molar-refractivity contribution in [1.82, 2.24) is 0 Å².